The number of carbonyl (C=O) groups excluding carboxylic acids is 1. The van der Waals surface area contributed by atoms with Crippen molar-refractivity contribution in [1.82, 2.24) is 14.1 Å². The molecule has 8 heteroatoms. The predicted octanol–water partition coefficient (Wildman–Crippen LogP) is 1.80. The maximum atomic E-state index is 13.3. The van der Waals surface area contributed by atoms with Gasteiger partial charge in [0.1, 0.15) is 0 Å². The lowest BCUT2D eigenvalue weighted by Gasteiger charge is -2.43. The quantitative estimate of drug-likeness (QED) is 0.705. The van der Waals surface area contributed by atoms with E-state index in [4.69, 9.17) is 4.74 Å². The van der Waals surface area contributed by atoms with Crippen molar-refractivity contribution in [1.29, 1.82) is 0 Å². The average Bonchev–Trinajstić information content (AvgIpc) is 2.96. The first-order valence-electron chi connectivity index (χ1n) is 10.9. The van der Waals surface area contributed by atoms with Gasteiger partial charge in [-0.15, -0.1) is 0 Å². The maximum absolute atomic E-state index is 13.3. The second kappa shape index (κ2) is 8.22. The normalized spacial score (nSPS) is 24.7. The van der Waals surface area contributed by atoms with Crippen LogP contribution in [-0.4, -0.2) is 87.5 Å². The van der Waals surface area contributed by atoms with Crippen molar-refractivity contribution < 1.29 is 17.9 Å². The molecule has 1 amide bonds. The van der Waals surface area contributed by atoms with Gasteiger partial charge in [-0.25, -0.2) is 8.42 Å². The average molecular weight is 436 g/mol. The van der Waals surface area contributed by atoms with Crippen molar-refractivity contribution in [3.05, 3.63) is 30.3 Å². The summed E-state index contributed by atoms with van der Waals surface area (Å²) in [5.41, 5.74) is -0.493. The number of likely N-dealkylation sites (tertiary alicyclic amines) is 2. The summed E-state index contributed by atoms with van der Waals surface area (Å²) in [5, 5.41) is 0. The van der Waals surface area contributed by atoms with Crippen LogP contribution in [0.3, 0.4) is 0 Å². The van der Waals surface area contributed by atoms with Crippen LogP contribution in [0.25, 0.3) is 0 Å². The van der Waals surface area contributed by atoms with Crippen LogP contribution < -0.4 is 0 Å². The fourth-order valence-electron chi connectivity index (χ4n) is 5.61. The van der Waals surface area contributed by atoms with E-state index in [1.807, 2.05) is 18.0 Å². The Morgan fingerprint density at radius 2 is 1.63 bits per heavy atom. The fraction of sp³-hybridized carbons (Fsp3) is 0.682. The second-order valence-corrected chi connectivity index (χ2v) is 11.0. The molecule has 1 aromatic rings. The number of sulfonamides is 1. The van der Waals surface area contributed by atoms with E-state index in [1.54, 1.807) is 35.7 Å². The van der Waals surface area contributed by atoms with E-state index >= 15 is 0 Å². The van der Waals surface area contributed by atoms with Crippen molar-refractivity contribution in [2.75, 3.05) is 53.5 Å². The standard InChI is InChI=1S/C22H33N3O4S/c1-23-20(26)21(8-12-24(13-9-21)16-17-29-2)18-22(23)10-14-25(15-11-22)30(27,28)19-6-4-3-5-7-19/h3-7H,8-18H2,1-2H3. The van der Waals surface area contributed by atoms with Gasteiger partial charge >= 0.3 is 0 Å². The minimum absolute atomic E-state index is 0.214. The summed E-state index contributed by atoms with van der Waals surface area (Å²) in [6.45, 7) is 4.40. The molecule has 4 rings (SSSR count). The Morgan fingerprint density at radius 1 is 1.00 bits per heavy atom. The zero-order valence-electron chi connectivity index (χ0n) is 18.0. The van der Waals surface area contributed by atoms with Crippen molar-refractivity contribution in [3.8, 4) is 0 Å². The largest absolute Gasteiger partial charge is 0.383 e. The molecular weight excluding hydrogens is 402 g/mol. The molecular formula is C22H33N3O4S. The Morgan fingerprint density at radius 3 is 2.23 bits per heavy atom. The Labute approximate surface area is 180 Å². The van der Waals surface area contributed by atoms with Crippen LogP contribution >= 0.6 is 0 Å². The molecule has 3 saturated heterocycles. The molecule has 30 heavy (non-hydrogen) atoms. The summed E-state index contributed by atoms with van der Waals surface area (Å²) < 4.78 is 32.7. The predicted molar refractivity (Wildman–Crippen MR) is 115 cm³/mol. The van der Waals surface area contributed by atoms with Crippen molar-refractivity contribution >= 4 is 15.9 Å². The van der Waals surface area contributed by atoms with Gasteiger partial charge < -0.3 is 14.5 Å². The molecule has 0 bridgehead atoms. The van der Waals surface area contributed by atoms with E-state index in [1.165, 1.54) is 0 Å². The topological polar surface area (TPSA) is 70.2 Å². The lowest BCUT2D eigenvalue weighted by molar-refractivity contribution is -0.139. The first-order chi connectivity index (χ1) is 14.3. The number of nitrogens with zero attached hydrogens (tertiary/aromatic N) is 3. The van der Waals surface area contributed by atoms with Crippen LogP contribution in [0.2, 0.25) is 0 Å². The number of piperidine rings is 2. The van der Waals surface area contributed by atoms with Crippen molar-refractivity contribution in [3.63, 3.8) is 0 Å². The third-order valence-electron chi connectivity index (χ3n) is 7.60. The number of rotatable bonds is 5. The van der Waals surface area contributed by atoms with Crippen LogP contribution in [0.1, 0.15) is 32.1 Å². The maximum Gasteiger partial charge on any atom is 0.243 e. The molecule has 0 radical (unpaired) electrons. The summed E-state index contributed by atoms with van der Waals surface area (Å²) >= 11 is 0. The first kappa shape index (κ1) is 21.7. The Bertz CT molecular complexity index is 858. The lowest BCUT2D eigenvalue weighted by atomic mass is 9.71. The molecule has 0 aromatic heterocycles. The van der Waals surface area contributed by atoms with Crippen LogP contribution in [-0.2, 0) is 19.6 Å². The summed E-state index contributed by atoms with van der Waals surface area (Å²) in [5.74, 6) is 0.258. The molecule has 2 spiro atoms. The molecule has 0 N–H and O–H groups in total. The van der Waals surface area contributed by atoms with Gasteiger partial charge in [0.25, 0.3) is 0 Å². The number of hydrogen-bond acceptors (Lipinski definition) is 5. The highest BCUT2D eigenvalue weighted by Crippen LogP contribution is 2.52. The minimum atomic E-state index is -3.48. The van der Waals surface area contributed by atoms with Gasteiger partial charge in [-0.05, 0) is 57.3 Å². The molecule has 3 aliphatic heterocycles. The van der Waals surface area contributed by atoms with E-state index < -0.39 is 10.0 Å². The van der Waals surface area contributed by atoms with Crippen LogP contribution in [0.15, 0.2) is 35.2 Å². The number of methoxy groups -OCH3 is 1. The number of ether oxygens (including phenoxy) is 1. The van der Waals surface area contributed by atoms with Crippen LogP contribution in [0.4, 0.5) is 0 Å². The molecule has 3 fully saturated rings. The van der Waals surface area contributed by atoms with Gasteiger partial charge in [-0.2, -0.15) is 4.31 Å². The lowest BCUT2D eigenvalue weighted by Crippen LogP contribution is -2.52. The summed E-state index contributed by atoms with van der Waals surface area (Å²) in [7, 11) is 0.166. The zero-order valence-corrected chi connectivity index (χ0v) is 18.9. The molecule has 3 heterocycles. The van der Waals surface area contributed by atoms with E-state index in [0.717, 1.165) is 45.5 Å². The third kappa shape index (κ3) is 3.68. The fourth-order valence-corrected chi connectivity index (χ4v) is 7.07. The molecule has 7 nitrogen and oxygen atoms in total. The molecule has 0 atom stereocenters. The van der Waals surface area contributed by atoms with Crippen LogP contribution in [0, 0.1) is 5.41 Å². The van der Waals surface area contributed by atoms with Gasteiger partial charge in [-0.3, -0.25) is 4.79 Å². The second-order valence-electron chi connectivity index (χ2n) is 9.10. The van der Waals surface area contributed by atoms with Gasteiger partial charge in [0.2, 0.25) is 15.9 Å². The van der Waals surface area contributed by atoms with Gasteiger partial charge in [0.05, 0.1) is 16.9 Å². The SMILES string of the molecule is COCCN1CCC2(CC1)CC1(CCN(S(=O)(=O)c3ccccc3)CC1)N(C)C2=O. The van der Waals surface area contributed by atoms with Gasteiger partial charge in [0, 0.05) is 39.3 Å². The van der Waals surface area contributed by atoms with Crippen molar-refractivity contribution in [2.45, 2.75) is 42.5 Å². The summed E-state index contributed by atoms with van der Waals surface area (Å²) in [6.07, 6.45) is 4.03. The number of carbonyl (C=O) groups is 1. The molecule has 0 unspecified atom stereocenters. The highest BCUT2D eigenvalue weighted by Gasteiger charge is 2.59. The first-order valence-corrected chi connectivity index (χ1v) is 12.3. The van der Waals surface area contributed by atoms with Crippen LogP contribution in [0.5, 0.6) is 0 Å². The Kier molecular flexibility index (Phi) is 5.96. The molecule has 3 aliphatic rings. The van der Waals surface area contributed by atoms with E-state index in [9.17, 15) is 13.2 Å². The Balaban J connectivity index is 1.44. The highest BCUT2D eigenvalue weighted by atomic mass is 32.2. The van der Waals surface area contributed by atoms with Gasteiger partial charge in [0.15, 0.2) is 0 Å². The van der Waals surface area contributed by atoms with Gasteiger partial charge in [-0.1, -0.05) is 18.2 Å². The third-order valence-corrected chi connectivity index (χ3v) is 9.51. The highest BCUT2D eigenvalue weighted by molar-refractivity contribution is 7.89. The van der Waals surface area contributed by atoms with E-state index in [2.05, 4.69) is 4.90 Å². The molecule has 166 valence electrons. The van der Waals surface area contributed by atoms with Crippen molar-refractivity contribution in [2.24, 2.45) is 5.41 Å². The number of hydrogen-bond donors (Lipinski definition) is 0. The zero-order chi connectivity index (χ0) is 21.4. The summed E-state index contributed by atoms with van der Waals surface area (Å²) in [6, 6.07) is 8.63. The Hall–Kier alpha value is -1.48. The van der Waals surface area contributed by atoms with E-state index in [0.29, 0.717) is 30.8 Å². The molecule has 0 saturated carbocycles. The number of amides is 1. The summed E-state index contributed by atoms with van der Waals surface area (Å²) in [4.78, 5) is 18.0. The minimum Gasteiger partial charge on any atom is -0.383 e. The van der Waals surface area contributed by atoms with E-state index in [-0.39, 0.29) is 16.9 Å². The molecule has 1 aromatic carbocycles. The monoisotopic (exact) mass is 435 g/mol. The molecule has 0 aliphatic carbocycles. The smallest absolute Gasteiger partial charge is 0.243 e. The number of benzene rings is 1.